The predicted molar refractivity (Wildman–Crippen MR) is 130 cm³/mol. The molecule has 0 unspecified atom stereocenters. The van der Waals surface area contributed by atoms with Gasteiger partial charge in [-0.15, -0.1) is 0 Å². The van der Waals surface area contributed by atoms with Gasteiger partial charge in [-0.25, -0.2) is 8.78 Å². The number of hydrogen-bond acceptors (Lipinski definition) is 1. The van der Waals surface area contributed by atoms with E-state index in [0.29, 0.717) is 10.2 Å². The molecule has 0 heterocycles. The number of halogens is 6. The van der Waals surface area contributed by atoms with Crippen molar-refractivity contribution in [1.82, 2.24) is 0 Å². The van der Waals surface area contributed by atoms with Crippen LogP contribution in [0, 0.1) is 32.6 Å². The zero-order valence-electron chi connectivity index (χ0n) is 14.3. The van der Waals surface area contributed by atoms with Crippen molar-refractivity contribution in [3.8, 4) is 11.5 Å². The molecule has 0 spiro atoms. The van der Waals surface area contributed by atoms with Crippen molar-refractivity contribution in [2.24, 2.45) is 0 Å². The fourth-order valence-corrected chi connectivity index (χ4v) is 4.87. The van der Waals surface area contributed by atoms with Crippen molar-refractivity contribution in [2.45, 2.75) is 13.8 Å². The number of benzene rings is 3. The Balaban J connectivity index is 0.000000244. The Morgan fingerprint density at radius 2 is 1.30 bits per heavy atom. The van der Waals surface area contributed by atoms with Gasteiger partial charge < -0.3 is 4.74 Å². The number of rotatable bonds is 2. The predicted octanol–water partition coefficient (Wildman–Crippen LogP) is 8.79. The quantitative estimate of drug-likeness (QED) is 0.190. The molecule has 3 aromatic rings. The summed E-state index contributed by atoms with van der Waals surface area (Å²) in [6, 6.07) is 13.7. The van der Waals surface area contributed by atoms with E-state index < -0.39 is 0 Å². The van der Waals surface area contributed by atoms with Crippen molar-refractivity contribution in [3.05, 3.63) is 87.4 Å². The standard InChI is InChI=1S/C14H11BrFIO.C6H3BrFI/c1-8-5-10(16)6-9(2)14(8)18-13-4-3-11(17)7-12(13)15;7-5-3-4(9)1-2-6(5)8/h3-7H,1-2H3;1-3H. The van der Waals surface area contributed by atoms with Crippen LogP contribution in [0.5, 0.6) is 11.5 Å². The second kappa shape index (κ2) is 10.5. The zero-order valence-corrected chi connectivity index (χ0v) is 21.8. The minimum atomic E-state index is -0.237. The maximum Gasteiger partial charge on any atom is 0.141 e. The van der Waals surface area contributed by atoms with Crippen molar-refractivity contribution in [3.63, 3.8) is 0 Å². The van der Waals surface area contributed by atoms with Gasteiger partial charge in [-0.2, -0.15) is 0 Å². The molecule has 0 aromatic heterocycles. The second-order valence-electron chi connectivity index (χ2n) is 5.60. The molecule has 27 heavy (non-hydrogen) atoms. The van der Waals surface area contributed by atoms with E-state index in [1.54, 1.807) is 12.1 Å². The fourth-order valence-electron chi connectivity index (χ4n) is 2.20. The van der Waals surface area contributed by atoms with Gasteiger partial charge >= 0.3 is 0 Å². The molecule has 7 heteroatoms. The van der Waals surface area contributed by atoms with E-state index in [0.717, 1.165) is 28.5 Å². The number of aryl methyl sites for hydroxylation is 2. The van der Waals surface area contributed by atoms with Gasteiger partial charge in [0.05, 0.1) is 8.95 Å². The summed E-state index contributed by atoms with van der Waals surface area (Å²) in [5.41, 5.74) is 1.58. The molecule has 1 nitrogen and oxygen atoms in total. The largest absolute Gasteiger partial charge is 0.456 e. The molecule has 0 bridgehead atoms. The zero-order chi connectivity index (χ0) is 20.1. The number of hydrogen-bond donors (Lipinski definition) is 0. The minimum absolute atomic E-state index is 0.213. The minimum Gasteiger partial charge on any atom is -0.456 e. The summed E-state index contributed by atoms with van der Waals surface area (Å²) in [6.07, 6.45) is 0. The van der Waals surface area contributed by atoms with Crippen LogP contribution in [0.15, 0.2) is 57.5 Å². The fraction of sp³-hybridized carbons (Fsp3) is 0.100. The molecule has 0 radical (unpaired) electrons. The Hall–Kier alpha value is -0.260. The van der Waals surface area contributed by atoms with Crippen LogP contribution in [0.2, 0.25) is 0 Å². The third kappa shape index (κ3) is 6.93. The van der Waals surface area contributed by atoms with Gasteiger partial charge in [-0.3, -0.25) is 0 Å². The van der Waals surface area contributed by atoms with Crippen molar-refractivity contribution in [2.75, 3.05) is 0 Å². The van der Waals surface area contributed by atoms with Crippen LogP contribution >= 0.6 is 77.0 Å². The summed E-state index contributed by atoms with van der Waals surface area (Å²) in [4.78, 5) is 0. The van der Waals surface area contributed by atoms with Gasteiger partial charge in [0, 0.05) is 7.14 Å². The van der Waals surface area contributed by atoms with E-state index in [2.05, 4.69) is 77.0 Å². The van der Waals surface area contributed by atoms with Crippen LogP contribution < -0.4 is 4.74 Å². The molecule has 142 valence electrons. The van der Waals surface area contributed by atoms with Crippen LogP contribution in [0.4, 0.5) is 8.78 Å². The molecular formula is C20H14Br2F2I2O. The van der Waals surface area contributed by atoms with Crippen LogP contribution in [-0.2, 0) is 0 Å². The smallest absolute Gasteiger partial charge is 0.141 e. The van der Waals surface area contributed by atoms with Gasteiger partial charge in [0.15, 0.2) is 0 Å². The second-order valence-corrected chi connectivity index (χ2v) is 9.80. The first kappa shape index (κ1) is 23.0. The lowest BCUT2D eigenvalue weighted by atomic mass is 10.1. The molecular weight excluding hydrogens is 708 g/mol. The molecule has 0 aliphatic heterocycles. The van der Waals surface area contributed by atoms with Gasteiger partial charge in [-0.1, -0.05) is 0 Å². The highest BCUT2D eigenvalue weighted by Gasteiger charge is 2.10. The van der Waals surface area contributed by atoms with E-state index in [9.17, 15) is 8.78 Å². The SMILES string of the molecule is Cc1cc(F)cc(C)c1Oc1ccc(I)cc1Br.Fc1ccc(I)cc1Br. The average Bonchev–Trinajstić information content (AvgIpc) is 2.57. The van der Waals surface area contributed by atoms with Crippen molar-refractivity contribution in [1.29, 1.82) is 0 Å². The Morgan fingerprint density at radius 3 is 1.78 bits per heavy atom. The number of ether oxygens (including phenoxy) is 1. The molecule has 0 N–H and O–H groups in total. The summed E-state index contributed by atoms with van der Waals surface area (Å²) in [5.74, 6) is 0.987. The molecule has 0 saturated heterocycles. The molecule has 0 aliphatic rings. The highest BCUT2D eigenvalue weighted by Crippen LogP contribution is 2.34. The van der Waals surface area contributed by atoms with E-state index >= 15 is 0 Å². The lowest BCUT2D eigenvalue weighted by molar-refractivity contribution is 0.469. The van der Waals surface area contributed by atoms with Crippen LogP contribution in [0.25, 0.3) is 0 Å². The Kier molecular flexibility index (Phi) is 8.95. The van der Waals surface area contributed by atoms with E-state index in [1.807, 2.05) is 32.0 Å². The van der Waals surface area contributed by atoms with Gasteiger partial charge in [0.2, 0.25) is 0 Å². The lowest BCUT2D eigenvalue weighted by Crippen LogP contribution is -1.93. The van der Waals surface area contributed by atoms with Crippen molar-refractivity contribution < 1.29 is 13.5 Å². The van der Waals surface area contributed by atoms with Gasteiger partial charge in [0.1, 0.15) is 23.1 Å². The summed E-state index contributed by atoms with van der Waals surface area (Å²) < 4.78 is 35.1. The molecule has 0 aliphatic carbocycles. The van der Waals surface area contributed by atoms with Gasteiger partial charge in [-0.05, 0) is 151 Å². The molecule has 0 fully saturated rings. The molecule has 3 rings (SSSR count). The lowest BCUT2D eigenvalue weighted by Gasteiger charge is -2.13. The monoisotopic (exact) mass is 720 g/mol. The van der Waals surface area contributed by atoms with Crippen LogP contribution in [0.1, 0.15) is 11.1 Å². The molecule has 0 amide bonds. The third-order valence-electron chi connectivity index (χ3n) is 3.41. The molecule has 3 aromatic carbocycles. The maximum atomic E-state index is 13.2. The van der Waals surface area contributed by atoms with Crippen LogP contribution in [0.3, 0.4) is 0 Å². The Bertz CT molecular complexity index is 942. The average molecular weight is 722 g/mol. The Morgan fingerprint density at radius 1 is 0.778 bits per heavy atom. The van der Waals surface area contributed by atoms with E-state index in [1.165, 1.54) is 18.2 Å². The maximum absolute atomic E-state index is 13.2. The molecule has 0 saturated carbocycles. The summed E-state index contributed by atoms with van der Waals surface area (Å²) in [5, 5.41) is 0. The van der Waals surface area contributed by atoms with E-state index in [4.69, 9.17) is 4.74 Å². The third-order valence-corrected chi connectivity index (χ3v) is 5.98. The summed E-state index contributed by atoms with van der Waals surface area (Å²) in [7, 11) is 0. The molecule has 0 atom stereocenters. The summed E-state index contributed by atoms with van der Waals surface area (Å²) in [6.45, 7) is 3.68. The highest BCUT2D eigenvalue weighted by molar-refractivity contribution is 14.1. The first-order valence-corrected chi connectivity index (χ1v) is 11.4. The highest BCUT2D eigenvalue weighted by atomic mass is 127. The summed E-state index contributed by atoms with van der Waals surface area (Å²) >= 11 is 10.9. The van der Waals surface area contributed by atoms with Crippen LogP contribution in [-0.4, -0.2) is 0 Å². The normalized spacial score (nSPS) is 10.2. The first-order chi connectivity index (χ1) is 12.7. The topological polar surface area (TPSA) is 9.23 Å². The van der Waals surface area contributed by atoms with E-state index in [-0.39, 0.29) is 11.6 Å². The first-order valence-electron chi connectivity index (χ1n) is 7.67. The van der Waals surface area contributed by atoms with Crippen molar-refractivity contribution >= 4 is 77.0 Å². The Labute approximate surface area is 201 Å². The van der Waals surface area contributed by atoms with Gasteiger partial charge in [0.25, 0.3) is 0 Å².